The predicted molar refractivity (Wildman–Crippen MR) is 68.2 cm³/mol. The molecule has 1 aromatic heterocycles. The predicted octanol–water partition coefficient (Wildman–Crippen LogP) is 2.91. The Morgan fingerprint density at radius 3 is 2.71 bits per heavy atom. The van der Waals surface area contributed by atoms with Gasteiger partial charge in [-0.15, -0.1) is 0 Å². The SMILES string of the molecule is Cc1cc(NC(C)c2ccn[nH]2)c(C)cc1O. The van der Waals surface area contributed by atoms with Gasteiger partial charge >= 0.3 is 0 Å². The summed E-state index contributed by atoms with van der Waals surface area (Å²) >= 11 is 0. The van der Waals surface area contributed by atoms with E-state index in [1.165, 1.54) is 0 Å². The van der Waals surface area contributed by atoms with Crippen LogP contribution in [0.15, 0.2) is 24.4 Å². The molecule has 90 valence electrons. The number of phenolic OH excluding ortho intramolecular Hbond substituents is 1. The van der Waals surface area contributed by atoms with Crippen LogP contribution in [0.2, 0.25) is 0 Å². The molecule has 2 rings (SSSR count). The van der Waals surface area contributed by atoms with Crippen LogP contribution in [0, 0.1) is 13.8 Å². The summed E-state index contributed by atoms with van der Waals surface area (Å²) in [5, 5.41) is 19.9. The highest BCUT2D eigenvalue weighted by Gasteiger charge is 2.09. The summed E-state index contributed by atoms with van der Waals surface area (Å²) in [7, 11) is 0. The molecule has 0 bridgehead atoms. The number of hydrogen-bond acceptors (Lipinski definition) is 3. The monoisotopic (exact) mass is 231 g/mol. The maximum Gasteiger partial charge on any atom is 0.118 e. The fourth-order valence-electron chi connectivity index (χ4n) is 1.78. The van der Waals surface area contributed by atoms with Crippen molar-refractivity contribution in [1.82, 2.24) is 10.2 Å². The van der Waals surface area contributed by atoms with Crippen LogP contribution in [0.25, 0.3) is 0 Å². The molecule has 0 fully saturated rings. The van der Waals surface area contributed by atoms with Crippen molar-refractivity contribution in [1.29, 1.82) is 0 Å². The summed E-state index contributed by atoms with van der Waals surface area (Å²) in [5.74, 6) is 0.335. The zero-order valence-corrected chi connectivity index (χ0v) is 10.3. The maximum absolute atomic E-state index is 9.60. The molecule has 17 heavy (non-hydrogen) atoms. The lowest BCUT2D eigenvalue weighted by molar-refractivity contribution is 0.470. The van der Waals surface area contributed by atoms with Gasteiger partial charge in [-0.3, -0.25) is 5.10 Å². The molecule has 0 saturated carbocycles. The topological polar surface area (TPSA) is 60.9 Å². The molecule has 1 heterocycles. The van der Waals surface area contributed by atoms with Gasteiger partial charge in [0.25, 0.3) is 0 Å². The number of aromatic amines is 1. The molecule has 3 N–H and O–H groups in total. The van der Waals surface area contributed by atoms with Gasteiger partial charge in [-0.25, -0.2) is 0 Å². The van der Waals surface area contributed by atoms with E-state index in [0.717, 1.165) is 22.5 Å². The molecular weight excluding hydrogens is 214 g/mol. The molecule has 1 unspecified atom stereocenters. The molecule has 0 aliphatic heterocycles. The van der Waals surface area contributed by atoms with Crippen LogP contribution < -0.4 is 5.32 Å². The molecule has 1 aromatic carbocycles. The number of aromatic nitrogens is 2. The molecule has 0 saturated heterocycles. The van der Waals surface area contributed by atoms with Crippen molar-refractivity contribution in [3.8, 4) is 5.75 Å². The quantitative estimate of drug-likeness (QED) is 0.712. The minimum absolute atomic E-state index is 0.153. The maximum atomic E-state index is 9.60. The third kappa shape index (κ3) is 2.41. The number of nitrogens with one attached hydrogen (secondary N) is 2. The smallest absolute Gasteiger partial charge is 0.118 e. The molecule has 0 radical (unpaired) electrons. The van der Waals surface area contributed by atoms with E-state index in [1.54, 1.807) is 12.3 Å². The highest BCUT2D eigenvalue weighted by Crippen LogP contribution is 2.27. The van der Waals surface area contributed by atoms with E-state index in [-0.39, 0.29) is 6.04 Å². The van der Waals surface area contributed by atoms with Crippen LogP contribution in [0.3, 0.4) is 0 Å². The summed E-state index contributed by atoms with van der Waals surface area (Å²) in [6, 6.07) is 5.83. The van der Waals surface area contributed by atoms with Crippen molar-refractivity contribution in [2.75, 3.05) is 5.32 Å². The minimum atomic E-state index is 0.153. The molecule has 0 aliphatic rings. The number of anilines is 1. The van der Waals surface area contributed by atoms with Crippen molar-refractivity contribution in [2.24, 2.45) is 0 Å². The largest absolute Gasteiger partial charge is 0.508 e. The number of H-pyrrole nitrogens is 1. The normalized spacial score (nSPS) is 12.4. The van der Waals surface area contributed by atoms with E-state index in [2.05, 4.69) is 22.4 Å². The highest BCUT2D eigenvalue weighted by molar-refractivity contribution is 5.57. The summed E-state index contributed by atoms with van der Waals surface area (Å²) in [6.45, 7) is 5.93. The number of phenols is 1. The van der Waals surface area contributed by atoms with E-state index in [1.807, 2.05) is 26.0 Å². The second-order valence-electron chi connectivity index (χ2n) is 4.33. The zero-order chi connectivity index (χ0) is 12.4. The molecule has 0 amide bonds. The van der Waals surface area contributed by atoms with Gasteiger partial charge in [0.15, 0.2) is 0 Å². The fraction of sp³-hybridized carbons (Fsp3) is 0.308. The van der Waals surface area contributed by atoms with Crippen molar-refractivity contribution in [3.05, 3.63) is 41.2 Å². The van der Waals surface area contributed by atoms with E-state index in [9.17, 15) is 5.11 Å². The number of hydrogen-bond donors (Lipinski definition) is 3. The average molecular weight is 231 g/mol. The zero-order valence-electron chi connectivity index (χ0n) is 10.3. The number of rotatable bonds is 3. The van der Waals surface area contributed by atoms with Crippen LogP contribution in [0.5, 0.6) is 5.75 Å². The van der Waals surface area contributed by atoms with E-state index in [0.29, 0.717) is 5.75 Å². The Morgan fingerprint density at radius 1 is 1.29 bits per heavy atom. The third-order valence-corrected chi connectivity index (χ3v) is 2.90. The van der Waals surface area contributed by atoms with E-state index < -0.39 is 0 Å². The second kappa shape index (κ2) is 4.49. The van der Waals surface area contributed by atoms with Gasteiger partial charge < -0.3 is 10.4 Å². The number of nitrogens with zero attached hydrogens (tertiary/aromatic N) is 1. The van der Waals surface area contributed by atoms with Gasteiger partial charge in [-0.2, -0.15) is 5.10 Å². The summed E-state index contributed by atoms with van der Waals surface area (Å²) in [6.07, 6.45) is 1.74. The first kappa shape index (κ1) is 11.5. The highest BCUT2D eigenvalue weighted by atomic mass is 16.3. The van der Waals surface area contributed by atoms with Crippen LogP contribution in [-0.4, -0.2) is 15.3 Å². The van der Waals surface area contributed by atoms with Gasteiger partial charge in [0.05, 0.1) is 11.7 Å². The average Bonchev–Trinajstić information content (AvgIpc) is 2.79. The molecule has 4 nitrogen and oxygen atoms in total. The van der Waals surface area contributed by atoms with Crippen molar-refractivity contribution in [3.63, 3.8) is 0 Å². The molecular formula is C13H17N3O. The van der Waals surface area contributed by atoms with Gasteiger partial charge in [-0.1, -0.05) is 0 Å². The first-order valence-corrected chi connectivity index (χ1v) is 5.64. The minimum Gasteiger partial charge on any atom is -0.508 e. The number of aryl methyl sites for hydroxylation is 2. The number of benzene rings is 1. The van der Waals surface area contributed by atoms with Crippen LogP contribution in [-0.2, 0) is 0 Å². The Labute approximate surface area is 101 Å². The summed E-state index contributed by atoms with van der Waals surface area (Å²) in [4.78, 5) is 0. The third-order valence-electron chi connectivity index (χ3n) is 2.90. The van der Waals surface area contributed by atoms with E-state index in [4.69, 9.17) is 0 Å². The molecule has 0 spiro atoms. The fourth-order valence-corrected chi connectivity index (χ4v) is 1.78. The molecule has 1 atom stereocenters. The summed E-state index contributed by atoms with van der Waals surface area (Å²) in [5.41, 5.74) is 3.96. The Kier molecular flexibility index (Phi) is 3.04. The Morgan fingerprint density at radius 2 is 2.06 bits per heavy atom. The molecule has 4 heteroatoms. The van der Waals surface area contributed by atoms with Crippen LogP contribution >= 0.6 is 0 Å². The van der Waals surface area contributed by atoms with Crippen LogP contribution in [0.4, 0.5) is 5.69 Å². The molecule has 2 aromatic rings. The lowest BCUT2D eigenvalue weighted by Gasteiger charge is -2.16. The van der Waals surface area contributed by atoms with Crippen molar-refractivity contribution >= 4 is 5.69 Å². The van der Waals surface area contributed by atoms with E-state index >= 15 is 0 Å². The van der Waals surface area contributed by atoms with Gasteiger partial charge in [0, 0.05) is 11.9 Å². The lowest BCUT2D eigenvalue weighted by atomic mass is 10.1. The van der Waals surface area contributed by atoms with Crippen LogP contribution in [0.1, 0.15) is 29.8 Å². The Balaban J connectivity index is 2.22. The van der Waals surface area contributed by atoms with Gasteiger partial charge in [-0.05, 0) is 50.1 Å². The lowest BCUT2D eigenvalue weighted by Crippen LogP contribution is -2.08. The van der Waals surface area contributed by atoms with Gasteiger partial charge in [0.1, 0.15) is 5.75 Å². The Bertz CT molecular complexity index is 506. The van der Waals surface area contributed by atoms with Crippen molar-refractivity contribution in [2.45, 2.75) is 26.8 Å². The number of aromatic hydroxyl groups is 1. The first-order valence-electron chi connectivity index (χ1n) is 5.64. The standard InChI is InChI=1S/C13H17N3O/c1-8-7-13(17)9(2)6-12(8)15-10(3)11-4-5-14-16-11/h4-7,10,15,17H,1-3H3,(H,14,16). The first-order chi connectivity index (χ1) is 8.08. The van der Waals surface area contributed by atoms with Crippen molar-refractivity contribution < 1.29 is 5.11 Å². The Hall–Kier alpha value is -1.97. The second-order valence-corrected chi connectivity index (χ2v) is 4.33. The summed E-state index contributed by atoms with van der Waals surface area (Å²) < 4.78 is 0. The van der Waals surface area contributed by atoms with Gasteiger partial charge in [0.2, 0.25) is 0 Å². The molecule has 0 aliphatic carbocycles.